The molecule has 3 heterocycles. The maximum Gasteiger partial charge on any atom is 0.331 e. The van der Waals surface area contributed by atoms with Crippen LogP contribution < -0.4 is 11.2 Å². The highest BCUT2D eigenvalue weighted by Crippen LogP contribution is 2.37. The van der Waals surface area contributed by atoms with Crippen molar-refractivity contribution in [2.24, 2.45) is 5.10 Å². The van der Waals surface area contributed by atoms with E-state index in [1.54, 1.807) is 18.3 Å². The van der Waals surface area contributed by atoms with Crippen molar-refractivity contribution in [1.29, 1.82) is 0 Å². The third-order valence-corrected chi connectivity index (χ3v) is 5.86. The lowest BCUT2D eigenvalue weighted by Gasteiger charge is -2.19. The van der Waals surface area contributed by atoms with E-state index in [4.69, 9.17) is 0 Å². The molecule has 0 fully saturated rings. The molecule has 1 amide bonds. The van der Waals surface area contributed by atoms with E-state index >= 15 is 0 Å². The highest BCUT2D eigenvalue weighted by atomic mass is 32.1. The zero-order valence-corrected chi connectivity index (χ0v) is 17.0. The van der Waals surface area contributed by atoms with Crippen molar-refractivity contribution in [3.8, 4) is 5.88 Å². The van der Waals surface area contributed by atoms with Gasteiger partial charge in [-0.1, -0.05) is 20.3 Å². The second-order valence-corrected chi connectivity index (χ2v) is 8.09. The number of rotatable bonds is 6. The van der Waals surface area contributed by atoms with E-state index in [2.05, 4.69) is 10.1 Å². The molecule has 150 valence electrons. The molecule has 3 rings (SSSR count). The van der Waals surface area contributed by atoms with Crippen LogP contribution >= 0.6 is 11.3 Å². The van der Waals surface area contributed by atoms with E-state index < -0.39 is 17.1 Å². The van der Waals surface area contributed by atoms with Gasteiger partial charge in [-0.2, -0.15) is 5.10 Å². The number of aromatic hydroxyl groups is 1. The lowest BCUT2D eigenvalue weighted by molar-refractivity contribution is -0.132. The fourth-order valence-corrected chi connectivity index (χ4v) is 4.21. The van der Waals surface area contributed by atoms with Gasteiger partial charge in [0.15, 0.2) is 0 Å². The smallest absolute Gasteiger partial charge is 0.331 e. The van der Waals surface area contributed by atoms with Crippen molar-refractivity contribution in [1.82, 2.24) is 14.6 Å². The van der Waals surface area contributed by atoms with E-state index in [-0.39, 0.29) is 23.9 Å². The van der Waals surface area contributed by atoms with Crippen LogP contribution in [0.15, 0.2) is 26.8 Å². The second-order valence-electron chi connectivity index (χ2n) is 6.77. The fourth-order valence-electron chi connectivity index (χ4n) is 3.25. The van der Waals surface area contributed by atoms with Crippen LogP contribution in [0.3, 0.4) is 0 Å². The number of carbonyl (C=O) groups excluding carboxylic acids is 1. The Balaban J connectivity index is 2.07. The van der Waals surface area contributed by atoms with Gasteiger partial charge < -0.3 is 5.11 Å². The maximum absolute atomic E-state index is 12.5. The molecule has 1 unspecified atom stereocenters. The Kier molecular flexibility index (Phi) is 5.83. The minimum absolute atomic E-state index is 0.0413. The van der Waals surface area contributed by atoms with Crippen molar-refractivity contribution in [3.05, 3.63) is 48.3 Å². The van der Waals surface area contributed by atoms with Crippen LogP contribution in [-0.2, 0) is 11.3 Å². The molecule has 0 radical (unpaired) electrons. The summed E-state index contributed by atoms with van der Waals surface area (Å²) in [5, 5.41) is 16.4. The van der Waals surface area contributed by atoms with E-state index in [0.29, 0.717) is 25.1 Å². The fraction of sp³-hybridized carbons (Fsp3) is 0.474. The zero-order valence-electron chi connectivity index (χ0n) is 16.2. The number of hydrazone groups is 1. The molecule has 0 spiro atoms. The summed E-state index contributed by atoms with van der Waals surface area (Å²) in [6.07, 6.45) is 2.09. The molecule has 2 aromatic heterocycles. The number of amides is 1. The van der Waals surface area contributed by atoms with Crippen molar-refractivity contribution in [2.75, 3.05) is 0 Å². The normalized spacial score (nSPS) is 16.5. The standard InChI is InChI=1S/C19H24N4O4S/c1-4-6-9-22-18(26)16(17(25)20-19(22)27)12-10-13(14-8-7-11(3)28-14)23(21-12)15(24)5-2/h7-8,13,26H,4-6,9-10H2,1-3H3,(H,20,25,27). The Morgan fingerprint density at radius 3 is 2.71 bits per heavy atom. The number of nitrogens with zero attached hydrogens (tertiary/aromatic N) is 3. The summed E-state index contributed by atoms with van der Waals surface area (Å²) in [5.74, 6) is -0.561. The van der Waals surface area contributed by atoms with Crippen LogP contribution in [0, 0.1) is 6.92 Å². The predicted molar refractivity (Wildman–Crippen MR) is 108 cm³/mol. The highest BCUT2D eigenvalue weighted by Gasteiger charge is 2.35. The molecular weight excluding hydrogens is 380 g/mol. The van der Waals surface area contributed by atoms with Gasteiger partial charge in [-0.15, -0.1) is 11.3 Å². The zero-order chi connectivity index (χ0) is 20.4. The molecule has 28 heavy (non-hydrogen) atoms. The van der Waals surface area contributed by atoms with E-state index in [9.17, 15) is 19.5 Å². The molecule has 2 aromatic rings. The van der Waals surface area contributed by atoms with Gasteiger partial charge in [0.2, 0.25) is 11.8 Å². The average Bonchev–Trinajstić information content (AvgIpc) is 3.27. The van der Waals surface area contributed by atoms with E-state index in [1.165, 1.54) is 5.01 Å². The van der Waals surface area contributed by atoms with Gasteiger partial charge in [0.25, 0.3) is 5.56 Å². The van der Waals surface area contributed by atoms with Gasteiger partial charge >= 0.3 is 5.69 Å². The lowest BCUT2D eigenvalue weighted by Crippen LogP contribution is -2.33. The first kappa shape index (κ1) is 20.1. The average molecular weight is 404 g/mol. The van der Waals surface area contributed by atoms with E-state index in [1.807, 2.05) is 26.0 Å². The lowest BCUT2D eigenvalue weighted by atomic mass is 10.0. The van der Waals surface area contributed by atoms with Gasteiger partial charge in [-0.25, -0.2) is 9.80 Å². The monoisotopic (exact) mass is 404 g/mol. The third-order valence-electron chi connectivity index (χ3n) is 4.75. The van der Waals surface area contributed by atoms with Crippen LogP contribution in [0.2, 0.25) is 0 Å². The number of thiophene rings is 1. The topological polar surface area (TPSA) is 108 Å². The van der Waals surface area contributed by atoms with Gasteiger partial charge in [-0.3, -0.25) is 19.1 Å². The Morgan fingerprint density at radius 1 is 1.36 bits per heavy atom. The largest absolute Gasteiger partial charge is 0.494 e. The molecule has 0 aliphatic carbocycles. The number of H-pyrrole nitrogens is 1. The number of aromatic nitrogens is 2. The maximum atomic E-state index is 12.5. The number of hydrogen-bond donors (Lipinski definition) is 2. The molecule has 1 aliphatic heterocycles. The molecule has 0 saturated carbocycles. The third kappa shape index (κ3) is 3.66. The van der Waals surface area contributed by atoms with Crippen LogP contribution in [0.25, 0.3) is 0 Å². The molecule has 0 saturated heterocycles. The molecule has 1 aliphatic rings. The number of aromatic amines is 1. The molecule has 0 bridgehead atoms. The second kappa shape index (κ2) is 8.14. The number of nitrogens with one attached hydrogen (secondary N) is 1. The van der Waals surface area contributed by atoms with Crippen molar-refractivity contribution in [3.63, 3.8) is 0 Å². The Labute approximate surface area is 166 Å². The number of unbranched alkanes of at least 4 members (excludes halogenated alkanes) is 1. The number of carbonyl (C=O) groups is 1. The molecular formula is C19H24N4O4S. The summed E-state index contributed by atoms with van der Waals surface area (Å²) >= 11 is 1.57. The number of aryl methyl sites for hydroxylation is 1. The first-order valence-electron chi connectivity index (χ1n) is 9.39. The van der Waals surface area contributed by atoms with Gasteiger partial charge in [0, 0.05) is 29.1 Å². The quantitative estimate of drug-likeness (QED) is 0.771. The summed E-state index contributed by atoms with van der Waals surface area (Å²) in [5.41, 5.74) is -1.08. The summed E-state index contributed by atoms with van der Waals surface area (Å²) in [6, 6.07) is 3.60. The molecule has 0 aromatic carbocycles. The molecule has 1 atom stereocenters. The van der Waals surface area contributed by atoms with Gasteiger partial charge in [0.05, 0.1) is 11.8 Å². The SMILES string of the molecule is CCCCn1c(O)c(C2=NN(C(=O)CC)C(c3ccc(C)s3)C2)c(=O)[nH]c1=O. The first-order valence-corrected chi connectivity index (χ1v) is 10.2. The van der Waals surface area contributed by atoms with Crippen molar-refractivity contribution >= 4 is 23.0 Å². The minimum Gasteiger partial charge on any atom is -0.494 e. The summed E-state index contributed by atoms with van der Waals surface area (Å²) in [4.78, 5) is 41.3. The van der Waals surface area contributed by atoms with Crippen LogP contribution in [0.5, 0.6) is 5.88 Å². The summed E-state index contributed by atoms with van der Waals surface area (Å²) < 4.78 is 1.15. The van der Waals surface area contributed by atoms with Gasteiger partial charge in [0.1, 0.15) is 5.56 Å². The van der Waals surface area contributed by atoms with Crippen LogP contribution in [0.4, 0.5) is 0 Å². The summed E-state index contributed by atoms with van der Waals surface area (Å²) in [7, 11) is 0. The molecule has 8 nitrogen and oxygen atoms in total. The Bertz CT molecular complexity index is 1030. The molecule has 9 heteroatoms. The Morgan fingerprint density at radius 2 is 2.11 bits per heavy atom. The van der Waals surface area contributed by atoms with Crippen molar-refractivity contribution < 1.29 is 9.90 Å². The first-order chi connectivity index (χ1) is 13.4. The van der Waals surface area contributed by atoms with Crippen molar-refractivity contribution in [2.45, 2.75) is 59.0 Å². The number of hydrogen-bond acceptors (Lipinski definition) is 6. The Hall–Kier alpha value is -2.68. The summed E-state index contributed by atoms with van der Waals surface area (Å²) in [6.45, 7) is 6.00. The van der Waals surface area contributed by atoms with Crippen LogP contribution in [0.1, 0.15) is 60.9 Å². The molecule has 2 N–H and O–H groups in total. The van der Waals surface area contributed by atoms with E-state index in [0.717, 1.165) is 20.7 Å². The van der Waals surface area contributed by atoms with Gasteiger partial charge in [-0.05, 0) is 25.5 Å². The predicted octanol–water partition coefficient (Wildman–Crippen LogP) is 2.50. The minimum atomic E-state index is -0.694. The van der Waals surface area contributed by atoms with Crippen LogP contribution in [-0.4, -0.2) is 31.3 Å². The highest BCUT2D eigenvalue weighted by molar-refractivity contribution is 7.12.